The molecule has 0 bridgehead atoms. The Morgan fingerprint density at radius 2 is 0.962 bits per heavy atom. The van der Waals surface area contributed by atoms with Gasteiger partial charge in [0.05, 0.1) is 0 Å². The van der Waals surface area contributed by atoms with Crippen molar-refractivity contribution in [2.45, 2.75) is 12.8 Å². The Balaban J connectivity index is 1.78. The lowest BCUT2D eigenvalue weighted by Gasteiger charge is -2.13. The normalized spacial score (nSPS) is 10.2. The lowest BCUT2D eigenvalue weighted by molar-refractivity contribution is -0.121. The maximum atomic E-state index is 12.0. The van der Waals surface area contributed by atoms with E-state index in [1.807, 2.05) is 86.5 Å². The molecule has 26 heavy (non-hydrogen) atoms. The number of hydrogen-bond acceptors (Lipinski definition) is 4. The predicted molar refractivity (Wildman–Crippen MR) is 108 cm³/mol. The van der Waals surface area contributed by atoms with E-state index in [-0.39, 0.29) is 24.7 Å². The molecule has 0 saturated heterocycles. The predicted octanol–water partition coefficient (Wildman–Crippen LogP) is 3.18. The summed E-state index contributed by atoms with van der Waals surface area (Å²) in [4.78, 5) is 28.0. The van der Waals surface area contributed by atoms with Crippen LogP contribution in [0.5, 0.6) is 0 Å². The molecule has 0 aliphatic carbocycles. The van der Waals surface area contributed by atoms with Crippen LogP contribution in [0.25, 0.3) is 0 Å². The highest BCUT2D eigenvalue weighted by molar-refractivity contribution is 5.96. The van der Waals surface area contributed by atoms with Crippen LogP contribution in [0, 0.1) is 0 Å². The molecule has 2 aromatic rings. The average Bonchev–Trinajstić information content (AvgIpc) is 2.61. The Hall–Kier alpha value is -3.02. The molecule has 2 aromatic carbocycles. The minimum absolute atomic E-state index is 0.136. The second-order valence-electron chi connectivity index (χ2n) is 6.48. The van der Waals surface area contributed by atoms with Gasteiger partial charge in [-0.3, -0.25) is 9.59 Å². The number of rotatable bonds is 7. The first-order chi connectivity index (χ1) is 12.3. The molecule has 0 spiro atoms. The van der Waals surface area contributed by atoms with Crippen molar-refractivity contribution in [2.75, 3.05) is 48.6 Å². The highest BCUT2D eigenvalue weighted by atomic mass is 16.2. The molecule has 0 saturated carbocycles. The lowest BCUT2D eigenvalue weighted by atomic mass is 10.2. The molecule has 0 fully saturated rings. The van der Waals surface area contributed by atoms with Crippen molar-refractivity contribution >= 4 is 34.6 Å². The van der Waals surface area contributed by atoms with Gasteiger partial charge in [0.15, 0.2) is 0 Å². The Bertz CT molecular complexity index is 672. The van der Waals surface area contributed by atoms with Gasteiger partial charge in [0, 0.05) is 63.8 Å². The van der Waals surface area contributed by atoms with Gasteiger partial charge in [0.1, 0.15) is 0 Å². The summed E-state index contributed by atoms with van der Waals surface area (Å²) in [7, 11) is 7.83. The summed E-state index contributed by atoms with van der Waals surface area (Å²) >= 11 is 0. The Kier molecular flexibility index (Phi) is 6.60. The highest BCUT2D eigenvalue weighted by Gasteiger charge is 2.08. The molecular weight excluding hydrogens is 328 g/mol. The van der Waals surface area contributed by atoms with Crippen LogP contribution >= 0.6 is 0 Å². The van der Waals surface area contributed by atoms with E-state index in [0.717, 1.165) is 22.7 Å². The van der Waals surface area contributed by atoms with Gasteiger partial charge in [-0.2, -0.15) is 0 Å². The van der Waals surface area contributed by atoms with Crippen LogP contribution in [0.15, 0.2) is 48.5 Å². The van der Waals surface area contributed by atoms with Crippen LogP contribution in [0.3, 0.4) is 0 Å². The van der Waals surface area contributed by atoms with E-state index in [1.54, 1.807) is 0 Å². The molecule has 0 atom stereocenters. The summed E-state index contributed by atoms with van der Waals surface area (Å²) in [5, 5.41) is 5.61. The maximum Gasteiger partial charge on any atom is 0.224 e. The molecule has 0 aliphatic heterocycles. The van der Waals surface area contributed by atoms with Crippen LogP contribution in [0.2, 0.25) is 0 Å². The number of carbonyl (C=O) groups excluding carboxylic acids is 2. The highest BCUT2D eigenvalue weighted by Crippen LogP contribution is 2.17. The van der Waals surface area contributed by atoms with Crippen molar-refractivity contribution in [1.29, 1.82) is 0 Å². The van der Waals surface area contributed by atoms with Crippen molar-refractivity contribution in [1.82, 2.24) is 0 Å². The first-order valence-electron chi connectivity index (χ1n) is 8.49. The van der Waals surface area contributed by atoms with Crippen LogP contribution in [-0.2, 0) is 9.59 Å². The molecule has 6 nitrogen and oxygen atoms in total. The van der Waals surface area contributed by atoms with Crippen LogP contribution in [0.4, 0.5) is 22.7 Å². The SMILES string of the molecule is CN(C)c1ccc(NC(=O)CCC(=O)Nc2ccc(N(C)C)cc2)cc1. The van der Waals surface area contributed by atoms with E-state index in [2.05, 4.69) is 10.6 Å². The smallest absolute Gasteiger partial charge is 0.224 e. The summed E-state index contributed by atoms with van der Waals surface area (Å²) in [5.74, 6) is -0.360. The van der Waals surface area contributed by atoms with Crippen molar-refractivity contribution in [2.24, 2.45) is 0 Å². The molecule has 2 rings (SSSR count). The zero-order valence-electron chi connectivity index (χ0n) is 15.7. The van der Waals surface area contributed by atoms with Crippen molar-refractivity contribution in [3.05, 3.63) is 48.5 Å². The van der Waals surface area contributed by atoms with Crippen LogP contribution < -0.4 is 20.4 Å². The summed E-state index contributed by atoms with van der Waals surface area (Å²) in [6.07, 6.45) is 0.272. The van der Waals surface area contributed by atoms with Gasteiger partial charge in [-0.1, -0.05) is 0 Å². The van der Waals surface area contributed by atoms with Gasteiger partial charge in [-0.25, -0.2) is 0 Å². The fourth-order valence-electron chi connectivity index (χ4n) is 2.36. The topological polar surface area (TPSA) is 64.7 Å². The number of nitrogens with zero attached hydrogens (tertiary/aromatic N) is 2. The third-order valence-corrected chi connectivity index (χ3v) is 3.91. The number of amides is 2. The van der Waals surface area contributed by atoms with Crippen molar-refractivity contribution in [3.8, 4) is 0 Å². The standard InChI is InChI=1S/C20H26N4O2/c1-23(2)17-9-5-15(6-10-17)21-19(25)13-14-20(26)22-16-7-11-18(12-8-16)24(3)4/h5-12H,13-14H2,1-4H3,(H,21,25)(H,22,26). The van der Waals surface area contributed by atoms with Gasteiger partial charge >= 0.3 is 0 Å². The van der Waals surface area contributed by atoms with E-state index in [4.69, 9.17) is 0 Å². The zero-order chi connectivity index (χ0) is 19.1. The third kappa shape index (κ3) is 5.81. The fraction of sp³-hybridized carbons (Fsp3) is 0.300. The zero-order valence-corrected chi connectivity index (χ0v) is 15.7. The molecular formula is C20H26N4O2. The van der Waals surface area contributed by atoms with Crippen LogP contribution in [0.1, 0.15) is 12.8 Å². The van der Waals surface area contributed by atoms with E-state index in [1.165, 1.54) is 0 Å². The molecule has 0 radical (unpaired) electrons. The van der Waals surface area contributed by atoms with Gasteiger partial charge in [-0.15, -0.1) is 0 Å². The summed E-state index contributed by atoms with van der Waals surface area (Å²) in [6, 6.07) is 15.1. The van der Waals surface area contributed by atoms with Gasteiger partial charge in [0.25, 0.3) is 0 Å². The van der Waals surface area contributed by atoms with Crippen LogP contribution in [-0.4, -0.2) is 40.0 Å². The summed E-state index contributed by atoms with van der Waals surface area (Å²) < 4.78 is 0. The Morgan fingerprint density at radius 3 is 1.23 bits per heavy atom. The lowest BCUT2D eigenvalue weighted by Crippen LogP contribution is -2.17. The minimum Gasteiger partial charge on any atom is -0.378 e. The van der Waals surface area contributed by atoms with E-state index in [9.17, 15) is 9.59 Å². The maximum absolute atomic E-state index is 12.0. The molecule has 0 unspecified atom stereocenters. The summed E-state index contributed by atoms with van der Waals surface area (Å²) in [6.45, 7) is 0. The van der Waals surface area contributed by atoms with Gasteiger partial charge in [-0.05, 0) is 48.5 Å². The molecule has 2 N–H and O–H groups in total. The number of carbonyl (C=O) groups is 2. The summed E-state index contributed by atoms with van der Waals surface area (Å²) in [5.41, 5.74) is 3.56. The Morgan fingerprint density at radius 1 is 0.654 bits per heavy atom. The third-order valence-electron chi connectivity index (χ3n) is 3.91. The molecule has 0 aromatic heterocycles. The first kappa shape index (κ1) is 19.3. The van der Waals surface area contributed by atoms with Crippen molar-refractivity contribution in [3.63, 3.8) is 0 Å². The molecule has 2 amide bonds. The minimum atomic E-state index is -0.180. The molecule has 0 heterocycles. The fourth-order valence-corrected chi connectivity index (χ4v) is 2.36. The number of benzene rings is 2. The van der Waals surface area contributed by atoms with Gasteiger partial charge in [0.2, 0.25) is 11.8 Å². The first-order valence-corrected chi connectivity index (χ1v) is 8.49. The number of nitrogens with one attached hydrogen (secondary N) is 2. The number of anilines is 4. The monoisotopic (exact) mass is 354 g/mol. The molecule has 0 aliphatic rings. The molecule has 6 heteroatoms. The Labute approximate surface area is 154 Å². The average molecular weight is 354 g/mol. The second-order valence-corrected chi connectivity index (χ2v) is 6.48. The molecule has 138 valence electrons. The van der Waals surface area contributed by atoms with Crippen molar-refractivity contribution < 1.29 is 9.59 Å². The second kappa shape index (κ2) is 8.89. The van der Waals surface area contributed by atoms with Gasteiger partial charge < -0.3 is 20.4 Å². The van der Waals surface area contributed by atoms with E-state index >= 15 is 0 Å². The van der Waals surface area contributed by atoms with E-state index in [0.29, 0.717) is 0 Å². The largest absolute Gasteiger partial charge is 0.378 e. The quantitative estimate of drug-likeness (QED) is 0.802. The number of hydrogen-bond donors (Lipinski definition) is 2. The van der Waals surface area contributed by atoms with E-state index < -0.39 is 0 Å².